The van der Waals surface area contributed by atoms with Crippen molar-refractivity contribution in [2.75, 3.05) is 26.7 Å². The summed E-state index contributed by atoms with van der Waals surface area (Å²) in [7, 11) is 1.38. The summed E-state index contributed by atoms with van der Waals surface area (Å²) in [5, 5.41) is 5.89. The number of ether oxygens (including phenoxy) is 1. The predicted octanol–water partition coefficient (Wildman–Crippen LogP) is 2.38. The van der Waals surface area contributed by atoms with E-state index < -0.39 is 0 Å². The molecule has 1 saturated heterocycles. The fourth-order valence-corrected chi connectivity index (χ4v) is 3.01. The molecule has 132 valence electrons. The van der Waals surface area contributed by atoms with Gasteiger partial charge in [0.1, 0.15) is 0 Å². The number of hydrogen-bond donors (Lipinski definition) is 2. The molecule has 0 radical (unpaired) electrons. The van der Waals surface area contributed by atoms with Crippen LogP contribution in [-0.4, -0.2) is 49.8 Å². The molecule has 0 unspecified atom stereocenters. The molecule has 6 heteroatoms. The van der Waals surface area contributed by atoms with Crippen LogP contribution in [0.5, 0.6) is 0 Å². The summed E-state index contributed by atoms with van der Waals surface area (Å²) in [5.41, 5.74) is 3.76. The van der Waals surface area contributed by atoms with Gasteiger partial charge in [0, 0.05) is 25.7 Å². The number of carbonyl (C=O) groups excluding carboxylic acids is 2. The molecule has 2 N–H and O–H groups in total. The Morgan fingerprint density at radius 1 is 1.25 bits per heavy atom. The quantitative estimate of drug-likeness (QED) is 0.889. The number of hydrogen-bond acceptors (Lipinski definition) is 3. The number of piperidine rings is 1. The maximum atomic E-state index is 12.0. The maximum Gasteiger partial charge on any atom is 0.409 e. The summed E-state index contributed by atoms with van der Waals surface area (Å²) >= 11 is 0. The van der Waals surface area contributed by atoms with Crippen LogP contribution in [0.4, 0.5) is 9.59 Å². The second-order valence-electron chi connectivity index (χ2n) is 6.31. The normalized spacial score (nSPS) is 15.0. The molecule has 0 bridgehead atoms. The molecule has 1 aromatic rings. The first kappa shape index (κ1) is 18.1. The van der Waals surface area contributed by atoms with Crippen molar-refractivity contribution in [1.29, 1.82) is 0 Å². The van der Waals surface area contributed by atoms with Crippen molar-refractivity contribution in [2.45, 2.75) is 39.2 Å². The Labute approximate surface area is 143 Å². The number of aryl methyl sites for hydroxylation is 2. The molecule has 0 saturated carbocycles. The van der Waals surface area contributed by atoms with Gasteiger partial charge in [0.2, 0.25) is 0 Å². The summed E-state index contributed by atoms with van der Waals surface area (Å²) in [4.78, 5) is 25.1. The zero-order valence-electron chi connectivity index (χ0n) is 14.7. The second-order valence-corrected chi connectivity index (χ2v) is 6.31. The Morgan fingerprint density at radius 3 is 2.58 bits per heavy atom. The lowest BCUT2D eigenvalue weighted by Gasteiger charge is -2.31. The van der Waals surface area contributed by atoms with E-state index in [1.807, 2.05) is 0 Å². The molecule has 1 fully saturated rings. The van der Waals surface area contributed by atoms with Crippen LogP contribution in [0.3, 0.4) is 0 Å². The lowest BCUT2D eigenvalue weighted by molar-refractivity contribution is 0.110. The number of rotatable bonds is 4. The summed E-state index contributed by atoms with van der Waals surface area (Å²) < 4.78 is 4.71. The van der Waals surface area contributed by atoms with Gasteiger partial charge in [0.05, 0.1) is 7.11 Å². The molecule has 0 aromatic heterocycles. The highest BCUT2D eigenvalue weighted by Gasteiger charge is 2.23. The minimum absolute atomic E-state index is 0.104. The van der Waals surface area contributed by atoms with Crippen molar-refractivity contribution in [3.8, 4) is 0 Å². The van der Waals surface area contributed by atoms with Crippen LogP contribution >= 0.6 is 0 Å². The van der Waals surface area contributed by atoms with E-state index in [4.69, 9.17) is 4.74 Å². The van der Waals surface area contributed by atoms with Crippen LogP contribution < -0.4 is 10.6 Å². The first-order valence-electron chi connectivity index (χ1n) is 8.43. The Balaban J connectivity index is 1.68. The van der Waals surface area contributed by atoms with Crippen molar-refractivity contribution in [2.24, 2.45) is 0 Å². The molecule has 6 nitrogen and oxygen atoms in total. The molecule has 3 amide bonds. The number of carbonyl (C=O) groups is 2. The van der Waals surface area contributed by atoms with E-state index in [0.29, 0.717) is 19.6 Å². The van der Waals surface area contributed by atoms with Crippen molar-refractivity contribution in [3.63, 3.8) is 0 Å². The Morgan fingerprint density at radius 2 is 1.96 bits per heavy atom. The monoisotopic (exact) mass is 333 g/mol. The van der Waals surface area contributed by atoms with Gasteiger partial charge < -0.3 is 20.3 Å². The van der Waals surface area contributed by atoms with Crippen LogP contribution in [0.15, 0.2) is 18.2 Å². The number of benzene rings is 1. The number of nitrogens with one attached hydrogen (secondary N) is 2. The third kappa shape index (κ3) is 5.15. The largest absolute Gasteiger partial charge is 0.453 e. The van der Waals surface area contributed by atoms with Gasteiger partial charge in [0.25, 0.3) is 0 Å². The number of methoxy groups -OCH3 is 1. The van der Waals surface area contributed by atoms with Crippen LogP contribution in [0.25, 0.3) is 0 Å². The van der Waals surface area contributed by atoms with Gasteiger partial charge >= 0.3 is 12.1 Å². The zero-order valence-corrected chi connectivity index (χ0v) is 14.7. The van der Waals surface area contributed by atoms with Gasteiger partial charge in [0.15, 0.2) is 0 Å². The Hall–Kier alpha value is -2.24. The van der Waals surface area contributed by atoms with Crippen molar-refractivity contribution in [1.82, 2.24) is 15.5 Å². The van der Waals surface area contributed by atoms with Gasteiger partial charge in [-0.05, 0) is 44.2 Å². The Bertz CT molecular complexity index is 581. The second kappa shape index (κ2) is 8.57. The maximum absolute atomic E-state index is 12.0. The first-order valence-corrected chi connectivity index (χ1v) is 8.43. The van der Waals surface area contributed by atoms with Gasteiger partial charge in [-0.1, -0.05) is 23.8 Å². The lowest BCUT2D eigenvalue weighted by Crippen LogP contribution is -2.49. The summed E-state index contributed by atoms with van der Waals surface area (Å²) in [6.07, 6.45) is 2.02. The van der Waals surface area contributed by atoms with Crippen LogP contribution in [0, 0.1) is 13.8 Å². The van der Waals surface area contributed by atoms with E-state index >= 15 is 0 Å². The smallest absolute Gasteiger partial charge is 0.409 e. The van der Waals surface area contributed by atoms with E-state index in [1.54, 1.807) is 4.90 Å². The number of urea groups is 1. The minimum atomic E-state index is -0.300. The zero-order chi connectivity index (χ0) is 17.5. The molecule has 24 heavy (non-hydrogen) atoms. The van der Waals surface area contributed by atoms with E-state index in [-0.39, 0.29) is 18.2 Å². The third-order valence-corrected chi connectivity index (χ3v) is 4.44. The predicted molar refractivity (Wildman–Crippen MR) is 93.2 cm³/mol. The molecule has 0 spiro atoms. The van der Waals surface area contributed by atoms with E-state index in [9.17, 15) is 9.59 Å². The molecule has 0 aliphatic carbocycles. The van der Waals surface area contributed by atoms with Gasteiger partial charge in [-0.3, -0.25) is 0 Å². The van der Waals surface area contributed by atoms with Crippen LogP contribution in [0.2, 0.25) is 0 Å². The van der Waals surface area contributed by atoms with Gasteiger partial charge in [-0.15, -0.1) is 0 Å². The molecule has 1 heterocycles. The molecule has 2 rings (SSSR count). The molecule has 0 atom stereocenters. The SMILES string of the molecule is COC(=O)N1CCC(NC(=O)NCCc2ccc(C)cc2C)CC1. The van der Waals surface area contributed by atoms with Gasteiger partial charge in [-0.25, -0.2) is 9.59 Å². The average molecular weight is 333 g/mol. The number of nitrogens with zero attached hydrogens (tertiary/aromatic N) is 1. The van der Waals surface area contributed by atoms with E-state index in [0.717, 1.165) is 19.3 Å². The molecule has 1 aliphatic heterocycles. The van der Waals surface area contributed by atoms with Gasteiger partial charge in [-0.2, -0.15) is 0 Å². The van der Waals surface area contributed by atoms with Crippen LogP contribution in [0.1, 0.15) is 29.5 Å². The van der Waals surface area contributed by atoms with Crippen molar-refractivity contribution < 1.29 is 14.3 Å². The molecular formula is C18H27N3O3. The fourth-order valence-electron chi connectivity index (χ4n) is 3.01. The summed E-state index contributed by atoms with van der Waals surface area (Å²) in [6.45, 7) is 6.00. The third-order valence-electron chi connectivity index (χ3n) is 4.44. The lowest BCUT2D eigenvalue weighted by atomic mass is 10.0. The summed E-state index contributed by atoms with van der Waals surface area (Å²) in [6, 6.07) is 6.33. The highest BCUT2D eigenvalue weighted by Crippen LogP contribution is 2.12. The average Bonchev–Trinajstić information content (AvgIpc) is 2.57. The van der Waals surface area contributed by atoms with E-state index in [2.05, 4.69) is 42.7 Å². The van der Waals surface area contributed by atoms with Crippen molar-refractivity contribution >= 4 is 12.1 Å². The Kier molecular flexibility index (Phi) is 6.46. The topological polar surface area (TPSA) is 70.7 Å². The molecule has 1 aliphatic rings. The van der Waals surface area contributed by atoms with E-state index in [1.165, 1.54) is 23.8 Å². The highest BCUT2D eigenvalue weighted by atomic mass is 16.5. The standard InChI is InChI=1S/C18H27N3O3/c1-13-4-5-15(14(2)12-13)6-9-19-17(22)20-16-7-10-21(11-8-16)18(23)24-3/h4-5,12,16H,6-11H2,1-3H3,(H2,19,20,22). The first-order chi connectivity index (χ1) is 11.5. The number of amides is 3. The molecule has 1 aromatic carbocycles. The highest BCUT2D eigenvalue weighted by molar-refractivity contribution is 5.74. The minimum Gasteiger partial charge on any atom is -0.453 e. The fraction of sp³-hybridized carbons (Fsp3) is 0.556. The summed E-state index contributed by atoms with van der Waals surface area (Å²) in [5.74, 6) is 0. The number of likely N-dealkylation sites (tertiary alicyclic amines) is 1. The molecular weight excluding hydrogens is 306 g/mol. The van der Waals surface area contributed by atoms with Crippen LogP contribution in [-0.2, 0) is 11.2 Å². The van der Waals surface area contributed by atoms with Crippen molar-refractivity contribution in [3.05, 3.63) is 34.9 Å².